The molecule has 0 saturated carbocycles. The number of thioether (sulfide) groups is 1. The number of anilines is 1. The van der Waals surface area contributed by atoms with Crippen molar-refractivity contribution in [2.24, 2.45) is 0 Å². The first-order chi connectivity index (χ1) is 13.2. The molecule has 2 aromatic rings. The summed E-state index contributed by atoms with van der Waals surface area (Å²) in [6, 6.07) is 10.3. The van der Waals surface area contributed by atoms with E-state index in [2.05, 4.69) is 10.0 Å². The Kier molecular flexibility index (Phi) is 7.88. The number of amides is 1. The predicted octanol–water partition coefficient (Wildman–Crippen LogP) is 3.08. The van der Waals surface area contributed by atoms with Crippen LogP contribution < -0.4 is 10.0 Å². The maximum atomic E-state index is 12.6. The SMILES string of the molecule is CSCCC(NS(=O)(=O)c1ccc(Cl)cc1)C(=O)Nc1cccc(C(=O)O)c1. The average molecular weight is 443 g/mol. The molecule has 0 fully saturated rings. The maximum Gasteiger partial charge on any atom is 0.335 e. The Labute approximate surface area is 172 Å². The number of aromatic carboxylic acids is 1. The van der Waals surface area contributed by atoms with Crippen molar-refractivity contribution >= 4 is 50.9 Å². The van der Waals surface area contributed by atoms with Gasteiger partial charge in [0.25, 0.3) is 0 Å². The van der Waals surface area contributed by atoms with Gasteiger partial charge in [-0.15, -0.1) is 0 Å². The van der Waals surface area contributed by atoms with Gasteiger partial charge < -0.3 is 10.4 Å². The van der Waals surface area contributed by atoms with Crippen molar-refractivity contribution in [3.63, 3.8) is 0 Å². The lowest BCUT2D eigenvalue weighted by Crippen LogP contribution is -2.44. The van der Waals surface area contributed by atoms with Crippen LogP contribution in [0.25, 0.3) is 0 Å². The van der Waals surface area contributed by atoms with Gasteiger partial charge in [0.15, 0.2) is 0 Å². The largest absolute Gasteiger partial charge is 0.478 e. The second-order valence-electron chi connectivity index (χ2n) is 5.78. The Hall–Kier alpha value is -2.07. The van der Waals surface area contributed by atoms with Crippen molar-refractivity contribution in [1.82, 2.24) is 4.72 Å². The van der Waals surface area contributed by atoms with Gasteiger partial charge in [-0.05, 0) is 60.9 Å². The third-order valence-corrected chi connectivity index (χ3v) is 6.11. The number of halogens is 1. The Balaban J connectivity index is 2.20. The highest BCUT2D eigenvalue weighted by Crippen LogP contribution is 2.16. The standard InChI is InChI=1S/C18H19ClN2O5S2/c1-27-10-9-16(21-28(25,26)15-7-5-13(19)6-8-15)17(22)20-14-4-2-3-12(11-14)18(23)24/h2-8,11,16,21H,9-10H2,1H3,(H,20,22)(H,23,24). The van der Waals surface area contributed by atoms with Crippen molar-refractivity contribution in [2.45, 2.75) is 17.4 Å². The van der Waals surface area contributed by atoms with Crippen LogP contribution in [0.2, 0.25) is 5.02 Å². The zero-order chi connectivity index (χ0) is 20.7. The lowest BCUT2D eigenvalue weighted by Gasteiger charge is -2.18. The lowest BCUT2D eigenvalue weighted by molar-refractivity contribution is -0.117. The first-order valence-electron chi connectivity index (χ1n) is 8.14. The molecular weight excluding hydrogens is 424 g/mol. The fourth-order valence-electron chi connectivity index (χ4n) is 2.31. The number of carboxylic acids is 1. The van der Waals surface area contributed by atoms with Gasteiger partial charge in [-0.1, -0.05) is 17.7 Å². The number of sulfonamides is 1. The summed E-state index contributed by atoms with van der Waals surface area (Å²) in [5, 5.41) is 12.0. The minimum Gasteiger partial charge on any atom is -0.478 e. The topological polar surface area (TPSA) is 113 Å². The van der Waals surface area contributed by atoms with E-state index in [1.165, 1.54) is 60.3 Å². The number of nitrogens with one attached hydrogen (secondary N) is 2. The average Bonchev–Trinajstić information content (AvgIpc) is 2.65. The van der Waals surface area contributed by atoms with Crippen LogP contribution in [0.4, 0.5) is 5.69 Å². The van der Waals surface area contributed by atoms with Crippen LogP contribution in [0, 0.1) is 0 Å². The number of benzene rings is 2. The lowest BCUT2D eigenvalue weighted by atomic mass is 10.2. The van der Waals surface area contributed by atoms with E-state index >= 15 is 0 Å². The molecule has 0 saturated heterocycles. The summed E-state index contributed by atoms with van der Waals surface area (Å²) in [5.74, 6) is -1.15. The van der Waals surface area contributed by atoms with Crippen molar-refractivity contribution in [1.29, 1.82) is 0 Å². The van der Waals surface area contributed by atoms with E-state index in [1.54, 1.807) is 0 Å². The summed E-state index contributed by atoms with van der Waals surface area (Å²) in [5.41, 5.74) is 0.282. The fraction of sp³-hybridized carbons (Fsp3) is 0.222. The maximum absolute atomic E-state index is 12.6. The third kappa shape index (κ3) is 6.23. The van der Waals surface area contributed by atoms with Crippen LogP contribution in [0.3, 0.4) is 0 Å². The van der Waals surface area contributed by atoms with Gasteiger partial charge >= 0.3 is 5.97 Å². The summed E-state index contributed by atoms with van der Waals surface area (Å²) in [7, 11) is -3.94. The van der Waals surface area contributed by atoms with E-state index in [-0.39, 0.29) is 22.6 Å². The van der Waals surface area contributed by atoms with Crippen molar-refractivity contribution in [3.05, 3.63) is 59.1 Å². The highest BCUT2D eigenvalue weighted by molar-refractivity contribution is 7.98. The minimum atomic E-state index is -3.94. The van der Waals surface area contributed by atoms with E-state index in [1.807, 2.05) is 6.26 Å². The molecule has 0 aliphatic rings. The van der Waals surface area contributed by atoms with Crippen molar-refractivity contribution in [2.75, 3.05) is 17.3 Å². The Morgan fingerprint density at radius 3 is 2.46 bits per heavy atom. The summed E-state index contributed by atoms with van der Waals surface area (Å²) in [6.45, 7) is 0. The molecule has 0 spiro atoms. The van der Waals surface area contributed by atoms with E-state index < -0.39 is 27.9 Å². The molecule has 0 bridgehead atoms. The molecule has 1 unspecified atom stereocenters. The van der Waals surface area contributed by atoms with Crippen molar-refractivity contribution in [3.8, 4) is 0 Å². The zero-order valence-corrected chi connectivity index (χ0v) is 17.3. The van der Waals surface area contributed by atoms with Gasteiger partial charge in [-0.3, -0.25) is 4.79 Å². The van der Waals surface area contributed by atoms with Crippen LogP contribution in [-0.4, -0.2) is 43.5 Å². The molecule has 0 radical (unpaired) electrons. The molecule has 0 heterocycles. The number of hydrogen-bond acceptors (Lipinski definition) is 5. The van der Waals surface area contributed by atoms with E-state index in [4.69, 9.17) is 16.7 Å². The Morgan fingerprint density at radius 2 is 1.86 bits per heavy atom. The molecule has 0 aromatic heterocycles. The number of carbonyl (C=O) groups excluding carboxylic acids is 1. The van der Waals surface area contributed by atoms with Gasteiger partial charge in [-0.25, -0.2) is 13.2 Å². The first kappa shape index (κ1) is 22.2. The summed E-state index contributed by atoms with van der Waals surface area (Å²) in [4.78, 5) is 23.7. The highest BCUT2D eigenvalue weighted by atomic mass is 35.5. The summed E-state index contributed by atoms with van der Waals surface area (Å²) >= 11 is 7.26. The molecule has 3 N–H and O–H groups in total. The van der Waals surface area contributed by atoms with Crippen molar-refractivity contribution < 1.29 is 23.1 Å². The summed E-state index contributed by atoms with van der Waals surface area (Å²) < 4.78 is 27.6. The molecule has 150 valence electrons. The molecular formula is C18H19ClN2O5S2. The summed E-state index contributed by atoms with van der Waals surface area (Å²) in [6.07, 6.45) is 2.11. The van der Waals surface area contributed by atoms with Crippen LogP contribution in [0.1, 0.15) is 16.8 Å². The van der Waals surface area contributed by atoms with E-state index in [0.717, 1.165) is 0 Å². The number of carbonyl (C=O) groups is 2. The Bertz CT molecular complexity index is 949. The molecule has 10 heteroatoms. The minimum absolute atomic E-state index is 0.00766. The molecule has 1 atom stereocenters. The number of carboxylic acid groups (broad SMARTS) is 1. The van der Waals surface area contributed by atoms with E-state index in [0.29, 0.717) is 10.8 Å². The zero-order valence-electron chi connectivity index (χ0n) is 14.9. The molecule has 0 aliphatic carbocycles. The van der Waals surface area contributed by atoms with Gasteiger partial charge in [-0.2, -0.15) is 16.5 Å². The number of hydrogen-bond donors (Lipinski definition) is 3. The van der Waals surface area contributed by atoms with Gasteiger partial charge in [0.1, 0.15) is 6.04 Å². The molecule has 7 nitrogen and oxygen atoms in total. The molecule has 2 aromatic carbocycles. The molecule has 28 heavy (non-hydrogen) atoms. The van der Waals surface area contributed by atoms with Crippen LogP contribution in [0.15, 0.2) is 53.4 Å². The monoisotopic (exact) mass is 442 g/mol. The van der Waals surface area contributed by atoms with Crippen LogP contribution in [-0.2, 0) is 14.8 Å². The third-order valence-electron chi connectivity index (χ3n) is 3.73. The van der Waals surface area contributed by atoms with Crippen LogP contribution >= 0.6 is 23.4 Å². The normalized spacial score (nSPS) is 12.4. The molecule has 2 rings (SSSR count). The first-order valence-corrected chi connectivity index (χ1v) is 11.4. The number of rotatable bonds is 9. The van der Waals surface area contributed by atoms with Crippen LogP contribution in [0.5, 0.6) is 0 Å². The Morgan fingerprint density at radius 1 is 1.18 bits per heavy atom. The van der Waals surface area contributed by atoms with E-state index in [9.17, 15) is 18.0 Å². The molecule has 0 aliphatic heterocycles. The smallest absolute Gasteiger partial charge is 0.335 e. The second-order valence-corrected chi connectivity index (χ2v) is 8.92. The molecule has 1 amide bonds. The fourth-order valence-corrected chi connectivity index (χ4v) is 4.13. The quantitative estimate of drug-likeness (QED) is 0.550. The van der Waals surface area contributed by atoms with Gasteiger partial charge in [0.05, 0.1) is 10.5 Å². The van der Waals surface area contributed by atoms with Gasteiger partial charge in [0.2, 0.25) is 15.9 Å². The van der Waals surface area contributed by atoms with Gasteiger partial charge in [0, 0.05) is 10.7 Å². The predicted molar refractivity (Wildman–Crippen MR) is 111 cm³/mol. The highest BCUT2D eigenvalue weighted by Gasteiger charge is 2.25. The second kappa shape index (κ2) is 9.92.